The van der Waals surface area contributed by atoms with Crippen LogP contribution >= 0.6 is 0 Å². The molecule has 0 aliphatic carbocycles. The molecule has 0 amide bonds. The van der Waals surface area contributed by atoms with Gasteiger partial charge in [0.1, 0.15) is 12.1 Å². The van der Waals surface area contributed by atoms with E-state index in [1.165, 1.54) is 10.8 Å². The van der Waals surface area contributed by atoms with Crippen molar-refractivity contribution in [2.24, 2.45) is 0 Å². The molecule has 0 bridgehead atoms. The number of rotatable bonds is 6. The standard InChI is InChI=1S/C56H32N6/c57-33-40-31-39(55-48(35-59)52(36-15-5-1-6-16-36)47(34-58)54(60-55)37-17-7-2-8-18-37)26-27-43(40)38-25-28-44-45-29-30-50-53(56(45)62(51(44)32-38)42-21-11-4-12-22-42)46-23-13-14-24-49(46)61(50)41-19-9-3-10-20-41/h1-32H. The summed E-state index contributed by atoms with van der Waals surface area (Å²) in [5.74, 6) is 0. The van der Waals surface area contributed by atoms with Crippen LogP contribution in [0.25, 0.3) is 99.8 Å². The second-order valence-electron chi connectivity index (χ2n) is 15.2. The van der Waals surface area contributed by atoms with Crippen LogP contribution in [0.2, 0.25) is 0 Å². The Balaban J connectivity index is 1.14. The third-order valence-electron chi connectivity index (χ3n) is 11.8. The Morgan fingerprint density at radius 1 is 0.387 bits per heavy atom. The van der Waals surface area contributed by atoms with Gasteiger partial charge in [0.05, 0.1) is 56.2 Å². The van der Waals surface area contributed by atoms with Crippen LogP contribution in [-0.4, -0.2) is 14.1 Å². The minimum absolute atomic E-state index is 0.276. The lowest BCUT2D eigenvalue weighted by atomic mass is 9.88. The van der Waals surface area contributed by atoms with Crippen molar-refractivity contribution in [3.63, 3.8) is 0 Å². The third-order valence-corrected chi connectivity index (χ3v) is 11.8. The van der Waals surface area contributed by atoms with E-state index in [-0.39, 0.29) is 5.56 Å². The summed E-state index contributed by atoms with van der Waals surface area (Å²) in [4.78, 5) is 5.04. The molecule has 0 atom stereocenters. The van der Waals surface area contributed by atoms with Gasteiger partial charge in [-0.05, 0) is 65.2 Å². The van der Waals surface area contributed by atoms with E-state index >= 15 is 0 Å². The molecule has 11 rings (SSSR count). The van der Waals surface area contributed by atoms with Crippen molar-refractivity contribution in [2.75, 3.05) is 0 Å². The molecule has 0 saturated heterocycles. The van der Waals surface area contributed by atoms with E-state index in [1.54, 1.807) is 0 Å². The number of pyridine rings is 1. The summed E-state index contributed by atoms with van der Waals surface area (Å²) in [6.07, 6.45) is 0. The summed E-state index contributed by atoms with van der Waals surface area (Å²) in [6, 6.07) is 72.4. The minimum Gasteiger partial charge on any atom is -0.309 e. The maximum Gasteiger partial charge on any atom is 0.102 e. The molecule has 0 unspecified atom stereocenters. The Bertz CT molecular complexity index is 3690. The van der Waals surface area contributed by atoms with Crippen molar-refractivity contribution in [1.29, 1.82) is 15.8 Å². The molecular formula is C56H32N6. The van der Waals surface area contributed by atoms with Gasteiger partial charge < -0.3 is 9.13 Å². The lowest BCUT2D eigenvalue weighted by Crippen LogP contribution is -2.02. The van der Waals surface area contributed by atoms with Crippen LogP contribution in [0.5, 0.6) is 0 Å². The molecule has 0 N–H and O–H groups in total. The molecule has 6 heteroatoms. The number of hydrogen-bond acceptors (Lipinski definition) is 4. The Morgan fingerprint density at radius 2 is 0.952 bits per heavy atom. The van der Waals surface area contributed by atoms with Crippen molar-refractivity contribution in [2.45, 2.75) is 0 Å². The highest BCUT2D eigenvalue weighted by Crippen LogP contribution is 2.44. The Hall–Kier alpha value is -9.02. The monoisotopic (exact) mass is 788 g/mol. The van der Waals surface area contributed by atoms with Gasteiger partial charge >= 0.3 is 0 Å². The molecule has 6 nitrogen and oxygen atoms in total. The number of nitrogens with zero attached hydrogens (tertiary/aromatic N) is 6. The Morgan fingerprint density at radius 3 is 1.61 bits per heavy atom. The first-order chi connectivity index (χ1) is 30.7. The topological polar surface area (TPSA) is 94.1 Å². The molecule has 0 fully saturated rings. The van der Waals surface area contributed by atoms with Gasteiger partial charge in [-0.3, -0.25) is 0 Å². The van der Waals surface area contributed by atoms with E-state index in [1.807, 2.05) is 91.0 Å². The molecule has 0 radical (unpaired) electrons. The van der Waals surface area contributed by atoms with Crippen molar-refractivity contribution in [3.8, 4) is 74.4 Å². The summed E-state index contributed by atoms with van der Waals surface area (Å²) >= 11 is 0. The summed E-state index contributed by atoms with van der Waals surface area (Å²) in [5, 5.41) is 36.7. The van der Waals surface area contributed by atoms with Crippen LogP contribution in [0, 0.1) is 34.0 Å². The number of benzene rings is 8. The van der Waals surface area contributed by atoms with Crippen molar-refractivity contribution in [3.05, 3.63) is 211 Å². The second kappa shape index (κ2) is 14.7. The number of fused-ring (bicyclic) bond motifs is 7. The summed E-state index contributed by atoms with van der Waals surface area (Å²) < 4.78 is 4.70. The number of hydrogen-bond donors (Lipinski definition) is 0. The van der Waals surface area contributed by atoms with Gasteiger partial charge in [0, 0.05) is 49.6 Å². The second-order valence-corrected chi connectivity index (χ2v) is 15.2. The molecule has 0 aliphatic heterocycles. The van der Waals surface area contributed by atoms with Crippen LogP contribution in [0.4, 0.5) is 0 Å². The van der Waals surface area contributed by atoms with Gasteiger partial charge in [-0.1, -0.05) is 146 Å². The zero-order valence-corrected chi connectivity index (χ0v) is 33.2. The highest BCUT2D eigenvalue weighted by atomic mass is 15.0. The molecule has 0 spiro atoms. The third kappa shape index (κ3) is 5.59. The molecule has 0 aliphatic rings. The molecule has 62 heavy (non-hydrogen) atoms. The smallest absolute Gasteiger partial charge is 0.102 e. The average molecular weight is 789 g/mol. The highest BCUT2D eigenvalue weighted by Gasteiger charge is 2.25. The fourth-order valence-corrected chi connectivity index (χ4v) is 9.17. The lowest BCUT2D eigenvalue weighted by Gasteiger charge is -2.16. The molecule has 8 aromatic carbocycles. The number of nitriles is 3. The van der Waals surface area contributed by atoms with Crippen LogP contribution in [0.15, 0.2) is 194 Å². The quantitative estimate of drug-likeness (QED) is 0.168. The Kier molecular flexibility index (Phi) is 8.54. The highest BCUT2D eigenvalue weighted by molar-refractivity contribution is 6.26. The van der Waals surface area contributed by atoms with E-state index in [4.69, 9.17) is 4.98 Å². The molecule has 11 aromatic rings. The normalized spacial score (nSPS) is 11.2. The van der Waals surface area contributed by atoms with Gasteiger partial charge in [-0.15, -0.1) is 0 Å². The largest absolute Gasteiger partial charge is 0.309 e. The zero-order valence-electron chi connectivity index (χ0n) is 33.2. The summed E-state index contributed by atoms with van der Waals surface area (Å²) in [5.41, 5.74) is 12.7. The average Bonchev–Trinajstić information content (AvgIpc) is 3.86. The summed E-state index contributed by atoms with van der Waals surface area (Å²) in [7, 11) is 0. The van der Waals surface area contributed by atoms with E-state index in [0.717, 1.165) is 66.5 Å². The van der Waals surface area contributed by atoms with Crippen LogP contribution in [-0.2, 0) is 0 Å². The maximum absolute atomic E-state index is 10.8. The number of aromatic nitrogens is 3. The molecule has 3 heterocycles. The van der Waals surface area contributed by atoms with Crippen molar-refractivity contribution < 1.29 is 0 Å². The predicted molar refractivity (Wildman–Crippen MR) is 249 cm³/mol. The van der Waals surface area contributed by atoms with Crippen LogP contribution in [0.3, 0.4) is 0 Å². The van der Waals surface area contributed by atoms with E-state index in [0.29, 0.717) is 33.6 Å². The van der Waals surface area contributed by atoms with Crippen LogP contribution in [0.1, 0.15) is 16.7 Å². The van der Waals surface area contributed by atoms with E-state index in [2.05, 4.69) is 130 Å². The Labute approximate surface area is 357 Å². The lowest BCUT2D eigenvalue weighted by molar-refractivity contribution is 1.17. The fraction of sp³-hybridized carbons (Fsp3) is 0. The van der Waals surface area contributed by atoms with Gasteiger partial charge in [-0.2, -0.15) is 15.8 Å². The first-order valence-electron chi connectivity index (χ1n) is 20.3. The van der Waals surface area contributed by atoms with Gasteiger partial charge in [0.15, 0.2) is 0 Å². The predicted octanol–water partition coefficient (Wildman–Crippen LogP) is 13.6. The van der Waals surface area contributed by atoms with Gasteiger partial charge in [0.2, 0.25) is 0 Å². The summed E-state index contributed by atoms with van der Waals surface area (Å²) in [6.45, 7) is 0. The molecule has 286 valence electrons. The van der Waals surface area contributed by atoms with Crippen LogP contribution < -0.4 is 0 Å². The van der Waals surface area contributed by atoms with Crippen molar-refractivity contribution >= 4 is 43.6 Å². The first kappa shape index (κ1) is 36.1. The van der Waals surface area contributed by atoms with Gasteiger partial charge in [-0.25, -0.2) is 4.98 Å². The number of para-hydroxylation sites is 3. The SMILES string of the molecule is N#Cc1cc(-c2nc(-c3ccccc3)c(C#N)c(-c3ccccc3)c2C#N)ccc1-c1ccc2c3ccc4c(c5ccccc5n4-c4ccccc4)c3n(-c3ccccc3)c2c1. The zero-order chi connectivity index (χ0) is 41.7. The maximum atomic E-state index is 10.8. The molecule has 3 aromatic heterocycles. The van der Waals surface area contributed by atoms with Gasteiger partial charge in [0.25, 0.3) is 0 Å². The first-order valence-corrected chi connectivity index (χ1v) is 20.3. The fourth-order valence-electron chi connectivity index (χ4n) is 9.17. The molecule has 0 saturated carbocycles. The molecular weight excluding hydrogens is 757 g/mol. The minimum atomic E-state index is 0.276. The van der Waals surface area contributed by atoms with Crippen molar-refractivity contribution in [1.82, 2.24) is 14.1 Å². The van der Waals surface area contributed by atoms with E-state index in [9.17, 15) is 15.8 Å². The van der Waals surface area contributed by atoms with E-state index < -0.39 is 0 Å².